The molecule has 1 heterocycles. The summed E-state index contributed by atoms with van der Waals surface area (Å²) in [5.74, 6) is -2.26. The van der Waals surface area contributed by atoms with E-state index in [1.54, 1.807) is 12.3 Å². The second kappa shape index (κ2) is 7.93. The van der Waals surface area contributed by atoms with Crippen molar-refractivity contribution < 1.29 is 19.8 Å². The molecule has 1 unspecified atom stereocenters. The molecule has 1 aliphatic rings. The second-order valence-electron chi connectivity index (χ2n) is 5.13. The number of rotatable bonds is 6. The van der Waals surface area contributed by atoms with Gasteiger partial charge < -0.3 is 15.5 Å². The lowest BCUT2D eigenvalue weighted by molar-refractivity contribution is -0.139. The third-order valence-electron chi connectivity index (χ3n) is 3.39. The number of hydrogen-bond donors (Lipinski definition) is 3. The lowest BCUT2D eigenvalue weighted by atomic mass is 10.00. The Morgan fingerprint density at radius 1 is 1.26 bits per heavy atom. The van der Waals surface area contributed by atoms with Crippen LogP contribution in [0, 0.1) is 0 Å². The van der Waals surface area contributed by atoms with E-state index >= 15 is 0 Å². The van der Waals surface area contributed by atoms with Crippen LogP contribution in [0.25, 0.3) is 0 Å². The first-order valence-electron chi connectivity index (χ1n) is 7.23. The molecule has 0 saturated carbocycles. The maximum atomic E-state index is 11.1. The maximum absolute atomic E-state index is 11.1. The minimum atomic E-state index is -1.18. The van der Waals surface area contributed by atoms with Crippen LogP contribution in [0.5, 0.6) is 0 Å². The highest BCUT2D eigenvalue weighted by atomic mass is 16.4. The van der Waals surface area contributed by atoms with Gasteiger partial charge in [0.2, 0.25) is 0 Å². The number of allylic oxidation sites excluding steroid dienone is 2. The minimum Gasteiger partial charge on any atom is -0.480 e. The first kappa shape index (κ1) is 16.5. The molecule has 0 amide bonds. The largest absolute Gasteiger partial charge is 0.480 e. The van der Waals surface area contributed by atoms with Gasteiger partial charge in [-0.25, -0.2) is 9.59 Å². The standard InChI is InChI=1S/C17H18N2O4/c20-16(21)14-10-13(11-15(19-14)17(22)23)7-9-18-8-6-12-4-2-1-3-5-12/h1-5,7,9-10,15,19H,6,8,11H2,(H,20,21)(H,22,23)/b13-7+,18-9?. The molecule has 6 nitrogen and oxygen atoms in total. The Kier molecular flexibility index (Phi) is 5.68. The normalized spacial score (nSPS) is 19.4. The lowest BCUT2D eigenvalue weighted by Gasteiger charge is -2.21. The van der Waals surface area contributed by atoms with Crippen LogP contribution in [-0.4, -0.2) is 41.0 Å². The first-order valence-corrected chi connectivity index (χ1v) is 7.23. The fraction of sp³-hybridized carbons (Fsp3) is 0.235. The third kappa shape index (κ3) is 5.10. The van der Waals surface area contributed by atoms with Gasteiger partial charge in [0.1, 0.15) is 11.7 Å². The summed E-state index contributed by atoms with van der Waals surface area (Å²) in [6, 6.07) is 9.02. The molecular weight excluding hydrogens is 296 g/mol. The number of hydrogen-bond acceptors (Lipinski definition) is 4. The van der Waals surface area contributed by atoms with Crippen LogP contribution in [0.1, 0.15) is 12.0 Å². The van der Waals surface area contributed by atoms with Crippen LogP contribution in [0.4, 0.5) is 0 Å². The minimum absolute atomic E-state index is 0.118. The Morgan fingerprint density at radius 2 is 2.00 bits per heavy atom. The highest BCUT2D eigenvalue weighted by Crippen LogP contribution is 2.16. The molecule has 0 fully saturated rings. The molecule has 1 aromatic carbocycles. The number of carboxylic acids is 2. The predicted molar refractivity (Wildman–Crippen MR) is 86.5 cm³/mol. The van der Waals surface area contributed by atoms with Crippen molar-refractivity contribution in [2.45, 2.75) is 18.9 Å². The summed E-state index contributed by atoms with van der Waals surface area (Å²) in [4.78, 5) is 26.3. The number of aliphatic carboxylic acids is 2. The molecule has 23 heavy (non-hydrogen) atoms. The van der Waals surface area contributed by atoms with E-state index in [2.05, 4.69) is 10.3 Å². The van der Waals surface area contributed by atoms with Crippen molar-refractivity contribution in [3.8, 4) is 0 Å². The van der Waals surface area contributed by atoms with E-state index in [-0.39, 0.29) is 12.1 Å². The van der Waals surface area contributed by atoms with Crippen LogP contribution in [0.3, 0.4) is 0 Å². The van der Waals surface area contributed by atoms with Crippen LogP contribution >= 0.6 is 0 Å². The Bertz CT molecular complexity index is 662. The Morgan fingerprint density at radius 3 is 2.65 bits per heavy atom. The molecule has 1 atom stereocenters. The number of carboxylic acid groups (broad SMARTS) is 2. The van der Waals surface area contributed by atoms with Crippen molar-refractivity contribution in [1.29, 1.82) is 0 Å². The topological polar surface area (TPSA) is 99.0 Å². The van der Waals surface area contributed by atoms with Gasteiger partial charge >= 0.3 is 11.9 Å². The van der Waals surface area contributed by atoms with E-state index in [0.717, 1.165) is 6.42 Å². The SMILES string of the molecule is O=C(O)C1=C/C(=C\C=NCCc2ccccc2)CC(C(=O)O)N1. The van der Waals surface area contributed by atoms with Crippen LogP contribution < -0.4 is 5.32 Å². The smallest absolute Gasteiger partial charge is 0.351 e. The van der Waals surface area contributed by atoms with Crippen molar-refractivity contribution >= 4 is 18.2 Å². The molecule has 1 aliphatic heterocycles. The summed E-state index contributed by atoms with van der Waals surface area (Å²) < 4.78 is 0. The van der Waals surface area contributed by atoms with Gasteiger partial charge in [0.15, 0.2) is 0 Å². The molecule has 0 saturated heterocycles. The molecule has 0 aromatic heterocycles. The summed E-state index contributed by atoms with van der Waals surface area (Å²) in [7, 11) is 0. The zero-order valence-corrected chi connectivity index (χ0v) is 12.5. The molecule has 0 bridgehead atoms. The summed E-state index contributed by atoms with van der Waals surface area (Å²) >= 11 is 0. The first-order chi connectivity index (χ1) is 11.1. The van der Waals surface area contributed by atoms with Gasteiger partial charge in [-0.05, 0) is 29.7 Å². The van der Waals surface area contributed by atoms with Crippen LogP contribution in [0.2, 0.25) is 0 Å². The molecule has 120 valence electrons. The number of benzene rings is 1. The van der Waals surface area contributed by atoms with E-state index in [4.69, 9.17) is 10.2 Å². The van der Waals surface area contributed by atoms with E-state index in [9.17, 15) is 9.59 Å². The molecule has 0 aliphatic carbocycles. The van der Waals surface area contributed by atoms with Gasteiger partial charge in [0, 0.05) is 19.2 Å². The summed E-state index contributed by atoms with van der Waals surface area (Å²) in [5, 5.41) is 20.5. The molecule has 1 aromatic rings. The highest BCUT2D eigenvalue weighted by Gasteiger charge is 2.26. The number of aliphatic imine (C=N–C) groups is 1. The highest BCUT2D eigenvalue weighted by molar-refractivity contribution is 5.89. The number of nitrogens with zero attached hydrogens (tertiary/aromatic N) is 1. The summed E-state index contributed by atoms with van der Waals surface area (Å²) in [6.45, 7) is 0.615. The predicted octanol–water partition coefficient (Wildman–Crippen LogP) is 1.64. The molecule has 0 radical (unpaired) electrons. The average molecular weight is 314 g/mol. The Labute approximate surface area is 133 Å². The lowest BCUT2D eigenvalue weighted by Crippen LogP contribution is -2.41. The fourth-order valence-electron chi connectivity index (χ4n) is 2.21. The second-order valence-corrected chi connectivity index (χ2v) is 5.13. The van der Waals surface area contributed by atoms with Crippen molar-refractivity contribution in [2.75, 3.05) is 6.54 Å². The Balaban J connectivity index is 1.96. The van der Waals surface area contributed by atoms with Gasteiger partial charge in [0.05, 0.1) is 0 Å². The van der Waals surface area contributed by atoms with E-state index < -0.39 is 18.0 Å². The molecule has 0 spiro atoms. The number of nitrogens with one attached hydrogen (secondary N) is 1. The Hall–Kier alpha value is -2.89. The van der Waals surface area contributed by atoms with Gasteiger partial charge in [-0.2, -0.15) is 0 Å². The molecule has 3 N–H and O–H groups in total. The molecular formula is C17H18N2O4. The summed E-state index contributed by atoms with van der Waals surface area (Å²) in [6.07, 6.45) is 5.72. The van der Waals surface area contributed by atoms with E-state index in [1.165, 1.54) is 11.6 Å². The van der Waals surface area contributed by atoms with Crippen LogP contribution in [-0.2, 0) is 16.0 Å². The van der Waals surface area contributed by atoms with E-state index in [1.807, 2.05) is 30.3 Å². The van der Waals surface area contributed by atoms with Crippen LogP contribution in [0.15, 0.2) is 58.7 Å². The average Bonchev–Trinajstić information content (AvgIpc) is 2.55. The summed E-state index contributed by atoms with van der Waals surface area (Å²) in [5.41, 5.74) is 1.70. The fourth-order valence-corrected chi connectivity index (χ4v) is 2.21. The van der Waals surface area contributed by atoms with Crippen molar-refractivity contribution in [1.82, 2.24) is 5.32 Å². The van der Waals surface area contributed by atoms with Crippen molar-refractivity contribution in [3.05, 3.63) is 59.3 Å². The van der Waals surface area contributed by atoms with Gasteiger partial charge in [-0.3, -0.25) is 4.99 Å². The number of carbonyl (C=O) groups is 2. The van der Waals surface area contributed by atoms with Gasteiger partial charge in [-0.15, -0.1) is 0 Å². The van der Waals surface area contributed by atoms with Crippen molar-refractivity contribution in [2.24, 2.45) is 4.99 Å². The zero-order chi connectivity index (χ0) is 16.7. The van der Waals surface area contributed by atoms with Gasteiger partial charge in [-0.1, -0.05) is 30.3 Å². The monoisotopic (exact) mass is 314 g/mol. The maximum Gasteiger partial charge on any atom is 0.351 e. The quantitative estimate of drug-likeness (QED) is 0.693. The third-order valence-corrected chi connectivity index (χ3v) is 3.39. The molecule has 2 rings (SSSR count). The van der Waals surface area contributed by atoms with Crippen molar-refractivity contribution in [3.63, 3.8) is 0 Å². The zero-order valence-electron chi connectivity index (χ0n) is 12.5. The molecule has 6 heteroatoms. The van der Waals surface area contributed by atoms with E-state index in [0.29, 0.717) is 12.1 Å². The van der Waals surface area contributed by atoms with Gasteiger partial charge in [0.25, 0.3) is 0 Å².